The van der Waals surface area contributed by atoms with Crippen LogP contribution in [0.2, 0.25) is 0 Å². The van der Waals surface area contributed by atoms with E-state index in [9.17, 15) is 9.59 Å². The van der Waals surface area contributed by atoms with E-state index in [-0.39, 0.29) is 23.7 Å². The number of imide groups is 1. The minimum absolute atomic E-state index is 0.170. The molecule has 0 spiro atoms. The standard InChI is InChI=1S/C12H15NO3/c1-3-11-5-6-12(4-2,16-11)8-7(11)9(14)13-10(8)15/h5-8H,3-4H2,1-2H3,(H,13,14,15). The molecule has 2 saturated heterocycles. The Morgan fingerprint density at radius 3 is 1.94 bits per heavy atom. The highest BCUT2D eigenvalue weighted by Gasteiger charge is 2.70. The second-order valence-corrected chi connectivity index (χ2v) is 4.86. The first-order chi connectivity index (χ1) is 7.58. The zero-order chi connectivity index (χ0) is 11.6. The fourth-order valence-electron chi connectivity index (χ4n) is 3.45. The molecule has 86 valence electrons. The van der Waals surface area contributed by atoms with Gasteiger partial charge in [-0.1, -0.05) is 26.0 Å². The molecular weight excluding hydrogens is 206 g/mol. The molecule has 0 aromatic rings. The van der Waals surface area contributed by atoms with Crippen LogP contribution >= 0.6 is 0 Å². The van der Waals surface area contributed by atoms with Crippen LogP contribution in [0.3, 0.4) is 0 Å². The summed E-state index contributed by atoms with van der Waals surface area (Å²) in [6, 6.07) is 0. The fourth-order valence-corrected chi connectivity index (χ4v) is 3.45. The van der Waals surface area contributed by atoms with E-state index in [1.807, 2.05) is 26.0 Å². The Kier molecular flexibility index (Phi) is 1.72. The highest BCUT2D eigenvalue weighted by Crippen LogP contribution is 2.57. The molecule has 4 heteroatoms. The van der Waals surface area contributed by atoms with Gasteiger partial charge in [-0.15, -0.1) is 0 Å². The van der Waals surface area contributed by atoms with E-state index in [1.165, 1.54) is 0 Å². The lowest BCUT2D eigenvalue weighted by Crippen LogP contribution is -2.39. The molecule has 0 aliphatic carbocycles. The van der Waals surface area contributed by atoms with E-state index < -0.39 is 11.2 Å². The Morgan fingerprint density at radius 1 is 1.12 bits per heavy atom. The number of nitrogens with one attached hydrogen (secondary N) is 1. The Labute approximate surface area is 94.0 Å². The van der Waals surface area contributed by atoms with Crippen LogP contribution < -0.4 is 5.32 Å². The van der Waals surface area contributed by atoms with Crippen molar-refractivity contribution < 1.29 is 14.3 Å². The Bertz CT molecular complexity index is 380. The largest absolute Gasteiger partial charge is 0.359 e. The maximum absolute atomic E-state index is 11.8. The monoisotopic (exact) mass is 221 g/mol. The fraction of sp³-hybridized carbons (Fsp3) is 0.667. The van der Waals surface area contributed by atoms with E-state index in [0.29, 0.717) is 0 Å². The van der Waals surface area contributed by atoms with Gasteiger partial charge in [0.05, 0.1) is 23.0 Å². The molecule has 3 aliphatic rings. The molecule has 2 bridgehead atoms. The molecule has 2 fully saturated rings. The molecule has 4 atom stereocenters. The minimum atomic E-state index is -0.545. The van der Waals surface area contributed by atoms with Gasteiger partial charge in [0.25, 0.3) is 0 Å². The molecule has 1 N–H and O–H groups in total. The van der Waals surface area contributed by atoms with Crippen LogP contribution in [0.25, 0.3) is 0 Å². The van der Waals surface area contributed by atoms with Gasteiger partial charge >= 0.3 is 0 Å². The van der Waals surface area contributed by atoms with E-state index in [1.54, 1.807) is 0 Å². The summed E-state index contributed by atoms with van der Waals surface area (Å²) in [5.41, 5.74) is -1.09. The molecule has 3 heterocycles. The van der Waals surface area contributed by atoms with Gasteiger partial charge in [-0.25, -0.2) is 0 Å². The first-order valence-electron chi connectivity index (χ1n) is 5.84. The van der Waals surface area contributed by atoms with Crippen LogP contribution in [0.1, 0.15) is 26.7 Å². The van der Waals surface area contributed by atoms with Gasteiger partial charge in [-0.05, 0) is 12.8 Å². The number of carbonyl (C=O) groups is 2. The number of hydrogen-bond donors (Lipinski definition) is 1. The van der Waals surface area contributed by atoms with Crippen molar-refractivity contribution in [3.8, 4) is 0 Å². The zero-order valence-corrected chi connectivity index (χ0v) is 9.45. The van der Waals surface area contributed by atoms with Gasteiger partial charge in [0, 0.05) is 0 Å². The van der Waals surface area contributed by atoms with E-state index >= 15 is 0 Å². The van der Waals surface area contributed by atoms with Crippen molar-refractivity contribution in [1.82, 2.24) is 5.32 Å². The van der Waals surface area contributed by atoms with Crippen molar-refractivity contribution in [3.63, 3.8) is 0 Å². The quantitative estimate of drug-likeness (QED) is 0.553. The van der Waals surface area contributed by atoms with Gasteiger partial charge in [0.2, 0.25) is 11.8 Å². The highest BCUT2D eigenvalue weighted by molar-refractivity contribution is 6.07. The summed E-state index contributed by atoms with van der Waals surface area (Å²) in [7, 11) is 0. The molecule has 16 heavy (non-hydrogen) atoms. The molecule has 0 aromatic carbocycles. The summed E-state index contributed by atoms with van der Waals surface area (Å²) in [6.45, 7) is 3.99. The number of amides is 2. The van der Waals surface area contributed by atoms with Crippen molar-refractivity contribution >= 4 is 11.8 Å². The third-order valence-corrected chi connectivity index (χ3v) is 4.33. The lowest BCUT2D eigenvalue weighted by Gasteiger charge is -2.26. The molecule has 3 aliphatic heterocycles. The number of hydrogen-bond acceptors (Lipinski definition) is 3. The summed E-state index contributed by atoms with van der Waals surface area (Å²) in [5.74, 6) is -0.988. The molecule has 2 amide bonds. The molecule has 0 saturated carbocycles. The lowest BCUT2D eigenvalue weighted by molar-refractivity contribution is -0.133. The van der Waals surface area contributed by atoms with E-state index in [0.717, 1.165) is 12.8 Å². The Balaban J connectivity index is 2.15. The maximum atomic E-state index is 11.8. The van der Waals surface area contributed by atoms with Crippen molar-refractivity contribution in [2.75, 3.05) is 0 Å². The average molecular weight is 221 g/mol. The van der Waals surface area contributed by atoms with Crippen molar-refractivity contribution in [3.05, 3.63) is 12.2 Å². The SMILES string of the molecule is CCC12C=CC(CC)(O1)C1C(=O)NC(=O)C12. The summed E-state index contributed by atoms with van der Waals surface area (Å²) >= 11 is 0. The average Bonchev–Trinajstić information content (AvgIpc) is 2.89. The second kappa shape index (κ2) is 2.74. The molecular formula is C12H15NO3. The normalized spacial score (nSPS) is 48.6. The predicted octanol–water partition coefficient (Wildman–Crippen LogP) is 0.773. The highest BCUT2D eigenvalue weighted by atomic mass is 16.5. The van der Waals surface area contributed by atoms with Crippen molar-refractivity contribution in [1.29, 1.82) is 0 Å². The number of fused-ring (bicyclic) bond motifs is 5. The third kappa shape index (κ3) is 0.857. The molecule has 3 rings (SSSR count). The number of ether oxygens (including phenoxy) is 1. The molecule has 0 radical (unpaired) electrons. The summed E-state index contributed by atoms with van der Waals surface area (Å²) in [6.07, 6.45) is 5.42. The van der Waals surface area contributed by atoms with Crippen LogP contribution in [0.5, 0.6) is 0 Å². The third-order valence-electron chi connectivity index (χ3n) is 4.33. The topological polar surface area (TPSA) is 55.4 Å². The molecule has 4 nitrogen and oxygen atoms in total. The minimum Gasteiger partial charge on any atom is -0.359 e. The van der Waals surface area contributed by atoms with E-state index in [4.69, 9.17) is 4.74 Å². The predicted molar refractivity (Wildman–Crippen MR) is 56.4 cm³/mol. The van der Waals surface area contributed by atoms with Crippen LogP contribution in [-0.4, -0.2) is 23.0 Å². The van der Waals surface area contributed by atoms with Crippen molar-refractivity contribution in [2.45, 2.75) is 37.9 Å². The Morgan fingerprint density at radius 2 is 1.56 bits per heavy atom. The first-order valence-corrected chi connectivity index (χ1v) is 5.84. The second-order valence-electron chi connectivity index (χ2n) is 4.86. The number of carbonyl (C=O) groups excluding carboxylic acids is 2. The lowest BCUT2D eigenvalue weighted by atomic mass is 9.70. The van der Waals surface area contributed by atoms with Crippen LogP contribution in [0.15, 0.2) is 12.2 Å². The van der Waals surface area contributed by atoms with E-state index in [2.05, 4.69) is 5.32 Å². The van der Waals surface area contributed by atoms with Gasteiger partial charge in [-0.2, -0.15) is 0 Å². The summed E-state index contributed by atoms with van der Waals surface area (Å²) in [4.78, 5) is 23.7. The smallest absolute Gasteiger partial charge is 0.233 e. The van der Waals surface area contributed by atoms with Gasteiger partial charge in [0.1, 0.15) is 0 Å². The van der Waals surface area contributed by atoms with Gasteiger partial charge in [0.15, 0.2) is 0 Å². The maximum Gasteiger partial charge on any atom is 0.233 e. The van der Waals surface area contributed by atoms with Crippen LogP contribution in [0, 0.1) is 11.8 Å². The summed E-state index contributed by atoms with van der Waals surface area (Å²) < 4.78 is 6.06. The molecule has 4 unspecified atom stereocenters. The number of rotatable bonds is 2. The van der Waals surface area contributed by atoms with Crippen LogP contribution in [-0.2, 0) is 14.3 Å². The molecule has 0 aromatic heterocycles. The van der Waals surface area contributed by atoms with Gasteiger partial charge in [-0.3, -0.25) is 14.9 Å². The van der Waals surface area contributed by atoms with Crippen LogP contribution in [0.4, 0.5) is 0 Å². The zero-order valence-electron chi connectivity index (χ0n) is 9.45. The Hall–Kier alpha value is -1.16. The van der Waals surface area contributed by atoms with Gasteiger partial charge < -0.3 is 4.74 Å². The first kappa shape index (κ1) is 10.0. The van der Waals surface area contributed by atoms with Crippen molar-refractivity contribution in [2.24, 2.45) is 11.8 Å². The summed E-state index contributed by atoms with van der Waals surface area (Å²) in [5, 5.41) is 2.44.